The minimum Gasteiger partial charge on any atom is -0.383 e. The number of carbonyl (C=O) groups is 2. The lowest BCUT2D eigenvalue weighted by Crippen LogP contribution is -2.41. The van der Waals surface area contributed by atoms with Crippen LogP contribution >= 0.6 is 0 Å². The number of nitrogens with zero attached hydrogens (tertiary/aromatic N) is 2. The lowest BCUT2D eigenvalue weighted by atomic mass is 10.1. The Hall–Kier alpha value is -1.88. The number of hydrogen-bond donors (Lipinski definition) is 0. The molecule has 0 saturated carbocycles. The molecule has 2 atom stereocenters. The molecule has 3 rings (SSSR count). The molecule has 5 heteroatoms. The third kappa shape index (κ3) is 2.61. The number of anilines is 1. The highest BCUT2D eigenvalue weighted by Gasteiger charge is 2.40. The van der Waals surface area contributed by atoms with E-state index >= 15 is 0 Å². The van der Waals surface area contributed by atoms with Gasteiger partial charge in [0.1, 0.15) is 0 Å². The van der Waals surface area contributed by atoms with Gasteiger partial charge < -0.3 is 14.5 Å². The number of methoxy groups -OCH3 is 1. The summed E-state index contributed by atoms with van der Waals surface area (Å²) >= 11 is 0. The molecule has 1 saturated heterocycles. The van der Waals surface area contributed by atoms with E-state index in [9.17, 15) is 9.59 Å². The molecule has 2 amide bonds. The predicted octanol–water partition coefficient (Wildman–Crippen LogP) is 1.46. The summed E-state index contributed by atoms with van der Waals surface area (Å²) in [6, 6.07) is 8.19. The van der Waals surface area contributed by atoms with Crippen LogP contribution in [-0.4, -0.2) is 49.6 Å². The van der Waals surface area contributed by atoms with Gasteiger partial charge in [0.2, 0.25) is 11.8 Å². The second-order valence-electron chi connectivity index (χ2n) is 6.12. The van der Waals surface area contributed by atoms with Crippen LogP contribution in [0.15, 0.2) is 24.3 Å². The van der Waals surface area contributed by atoms with Gasteiger partial charge in [-0.2, -0.15) is 0 Å². The fraction of sp³-hybridized carbons (Fsp3) is 0.529. The quantitative estimate of drug-likeness (QED) is 0.846. The van der Waals surface area contributed by atoms with Crippen molar-refractivity contribution in [2.75, 3.05) is 31.7 Å². The Morgan fingerprint density at radius 3 is 2.86 bits per heavy atom. The van der Waals surface area contributed by atoms with E-state index in [4.69, 9.17) is 4.74 Å². The fourth-order valence-corrected chi connectivity index (χ4v) is 3.45. The largest absolute Gasteiger partial charge is 0.383 e. The molecule has 1 fully saturated rings. The number of likely N-dealkylation sites (tertiary alicyclic amines) is 1. The van der Waals surface area contributed by atoms with E-state index in [2.05, 4.69) is 13.0 Å². The monoisotopic (exact) mass is 302 g/mol. The van der Waals surface area contributed by atoms with Gasteiger partial charge in [-0.15, -0.1) is 0 Å². The molecule has 0 N–H and O–H groups in total. The first-order valence-electron chi connectivity index (χ1n) is 7.79. The van der Waals surface area contributed by atoms with E-state index in [1.807, 2.05) is 23.1 Å². The summed E-state index contributed by atoms with van der Waals surface area (Å²) in [5.41, 5.74) is 2.21. The molecule has 0 radical (unpaired) electrons. The Morgan fingerprint density at radius 1 is 1.32 bits per heavy atom. The highest BCUT2D eigenvalue weighted by Crippen LogP contribution is 2.34. The van der Waals surface area contributed by atoms with Crippen LogP contribution in [0.4, 0.5) is 5.69 Å². The number of hydrogen-bond acceptors (Lipinski definition) is 3. The number of rotatable bonds is 4. The van der Waals surface area contributed by atoms with E-state index in [1.54, 1.807) is 12.0 Å². The zero-order chi connectivity index (χ0) is 15.7. The zero-order valence-corrected chi connectivity index (χ0v) is 13.1. The van der Waals surface area contributed by atoms with E-state index in [-0.39, 0.29) is 23.8 Å². The van der Waals surface area contributed by atoms with Gasteiger partial charge in [-0.1, -0.05) is 18.2 Å². The molecule has 118 valence electrons. The molecule has 0 aromatic heterocycles. The first kappa shape index (κ1) is 15.0. The maximum absolute atomic E-state index is 12.9. The summed E-state index contributed by atoms with van der Waals surface area (Å²) in [6.07, 6.45) is 1.20. The van der Waals surface area contributed by atoms with Crippen LogP contribution < -0.4 is 4.90 Å². The standard InChI is InChI=1S/C17H22N2O3/c1-12-9-13-5-3-4-6-15(13)19(12)17(21)14-10-16(20)18(11-14)7-8-22-2/h3-6,12,14H,7-11H2,1-2H3. The average Bonchev–Trinajstić information content (AvgIpc) is 3.04. The van der Waals surface area contributed by atoms with Gasteiger partial charge in [0, 0.05) is 38.3 Å². The van der Waals surface area contributed by atoms with Gasteiger partial charge in [0.05, 0.1) is 12.5 Å². The van der Waals surface area contributed by atoms with Crippen LogP contribution in [0.1, 0.15) is 18.9 Å². The van der Waals surface area contributed by atoms with Gasteiger partial charge in [-0.3, -0.25) is 9.59 Å². The smallest absolute Gasteiger partial charge is 0.232 e. The van der Waals surface area contributed by atoms with E-state index < -0.39 is 0 Å². The lowest BCUT2D eigenvalue weighted by molar-refractivity contribution is -0.129. The highest BCUT2D eigenvalue weighted by atomic mass is 16.5. The van der Waals surface area contributed by atoms with Gasteiger partial charge in [-0.25, -0.2) is 0 Å². The molecule has 2 unspecified atom stereocenters. The molecule has 1 aromatic carbocycles. The minimum absolute atomic E-state index is 0.0514. The molecule has 22 heavy (non-hydrogen) atoms. The van der Waals surface area contributed by atoms with Gasteiger partial charge in [0.15, 0.2) is 0 Å². The van der Waals surface area contributed by atoms with Gasteiger partial charge >= 0.3 is 0 Å². The molecule has 1 aromatic rings. The first-order valence-corrected chi connectivity index (χ1v) is 7.79. The molecule has 0 aliphatic carbocycles. The second kappa shape index (κ2) is 6.08. The third-order valence-corrected chi connectivity index (χ3v) is 4.57. The van der Waals surface area contributed by atoms with Crippen molar-refractivity contribution in [1.82, 2.24) is 4.90 Å². The number of amides is 2. The maximum atomic E-state index is 12.9. The fourth-order valence-electron chi connectivity index (χ4n) is 3.45. The van der Waals surface area contributed by atoms with Crippen LogP contribution in [-0.2, 0) is 20.7 Å². The van der Waals surface area contributed by atoms with Gasteiger partial charge in [0.25, 0.3) is 0 Å². The van der Waals surface area contributed by atoms with Crippen molar-refractivity contribution < 1.29 is 14.3 Å². The Bertz CT molecular complexity index is 587. The Balaban J connectivity index is 1.74. The van der Waals surface area contributed by atoms with E-state index in [1.165, 1.54) is 5.56 Å². The normalized spacial score (nSPS) is 24.0. The van der Waals surface area contributed by atoms with Crippen LogP contribution in [0.2, 0.25) is 0 Å². The van der Waals surface area contributed by atoms with Crippen molar-refractivity contribution in [1.29, 1.82) is 0 Å². The lowest BCUT2D eigenvalue weighted by Gasteiger charge is -2.25. The molecular formula is C17H22N2O3. The Morgan fingerprint density at radius 2 is 2.09 bits per heavy atom. The van der Waals surface area contributed by atoms with Crippen molar-refractivity contribution in [3.63, 3.8) is 0 Å². The first-order chi connectivity index (χ1) is 10.6. The van der Waals surface area contributed by atoms with E-state index in [0.717, 1.165) is 12.1 Å². The summed E-state index contributed by atoms with van der Waals surface area (Å²) in [7, 11) is 1.62. The molecular weight excluding hydrogens is 280 g/mol. The number of ether oxygens (including phenoxy) is 1. The maximum Gasteiger partial charge on any atom is 0.232 e. The van der Waals surface area contributed by atoms with Crippen LogP contribution in [0, 0.1) is 5.92 Å². The van der Waals surface area contributed by atoms with Crippen molar-refractivity contribution in [3.8, 4) is 0 Å². The number of fused-ring (bicyclic) bond motifs is 1. The summed E-state index contributed by atoms with van der Waals surface area (Å²) < 4.78 is 5.02. The van der Waals surface area contributed by atoms with Crippen molar-refractivity contribution in [2.45, 2.75) is 25.8 Å². The molecule has 0 spiro atoms. The SMILES string of the molecule is COCCN1CC(C(=O)N2c3ccccc3CC2C)CC1=O. The summed E-state index contributed by atoms with van der Waals surface area (Å²) in [4.78, 5) is 28.6. The molecule has 5 nitrogen and oxygen atoms in total. The molecule has 2 heterocycles. The zero-order valence-electron chi connectivity index (χ0n) is 13.1. The Labute approximate surface area is 130 Å². The van der Waals surface area contributed by atoms with Gasteiger partial charge in [-0.05, 0) is 25.0 Å². The van der Waals surface area contributed by atoms with E-state index in [0.29, 0.717) is 26.1 Å². The van der Waals surface area contributed by atoms with Crippen LogP contribution in [0.5, 0.6) is 0 Å². The molecule has 2 aliphatic rings. The third-order valence-electron chi connectivity index (χ3n) is 4.57. The van der Waals surface area contributed by atoms with Crippen molar-refractivity contribution in [2.24, 2.45) is 5.92 Å². The van der Waals surface area contributed by atoms with Crippen molar-refractivity contribution in [3.05, 3.63) is 29.8 Å². The topological polar surface area (TPSA) is 49.9 Å². The predicted molar refractivity (Wildman–Crippen MR) is 83.7 cm³/mol. The number of para-hydroxylation sites is 1. The van der Waals surface area contributed by atoms with Crippen LogP contribution in [0.25, 0.3) is 0 Å². The second-order valence-corrected chi connectivity index (χ2v) is 6.12. The number of benzene rings is 1. The molecule has 2 aliphatic heterocycles. The molecule has 0 bridgehead atoms. The van der Waals surface area contributed by atoms with Crippen molar-refractivity contribution >= 4 is 17.5 Å². The average molecular weight is 302 g/mol. The summed E-state index contributed by atoms with van der Waals surface area (Å²) in [5.74, 6) is -0.112. The summed E-state index contributed by atoms with van der Waals surface area (Å²) in [5, 5.41) is 0. The Kier molecular flexibility index (Phi) is 4.16. The number of carbonyl (C=O) groups excluding carboxylic acids is 2. The summed E-state index contributed by atoms with van der Waals surface area (Å²) in [6.45, 7) is 3.64. The highest BCUT2D eigenvalue weighted by molar-refractivity contribution is 6.01. The minimum atomic E-state index is -0.238. The van der Waals surface area contributed by atoms with Crippen LogP contribution in [0.3, 0.4) is 0 Å².